The minimum absolute atomic E-state index is 0.703. The Labute approximate surface area is 94.9 Å². The maximum absolute atomic E-state index is 9.80. The normalized spacial score (nSPS) is 14.3. The molecule has 0 fully saturated rings. The van der Waals surface area contributed by atoms with Crippen molar-refractivity contribution in [3.05, 3.63) is 18.4 Å². The van der Waals surface area contributed by atoms with Crippen LogP contribution in [0.2, 0.25) is 0 Å². The summed E-state index contributed by atoms with van der Waals surface area (Å²) in [6.45, 7) is 7.54. The van der Waals surface area contributed by atoms with Crippen LogP contribution in [0.4, 0.5) is 0 Å². The van der Waals surface area contributed by atoms with Crippen LogP contribution in [-0.4, -0.2) is 10.7 Å². The van der Waals surface area contributed by atoms with E-state index in [0.717, 1.165) is 12.8 Å². The van der Waals surface area contributed by atoms with E-state index >= 15 is 0 Å². The Morgan fingerprint density at radius 3 is 2.20 bits per heavy atom. The van der Waals surface area contributed by atoms with E-state index in [4.69, 9.17) is 0 Å². The Balaban J connectivity index is 3.34. The van der Waals surface area contributed by atoms with Crippen molar-refractivity contribution in [3.8, 4) is 0 Å². The molecule has 0 radical (unpaired) electrons. The van der Waals surface area contributed by atoms with Crippen LogP contribution in [0.1, 0.15) is 65.2 Å². The zero-order valence-corrected chi connectivity index (χ0v) is 10.4. The molecule has 0 aliphatic carbocycles. The maximum Gasteiger partial charge on any atom is 0.0872 e. The molecule has 0 bridgehead atoms. The second kappa shape index (κ2) is 8.76. The predicted molar refractivity (Wildman–Crippen MR) is 66.9 cm³/mol. The van der Waals surface area contributed by atoms with Crippen LogP contribution in [0.3, 0.4) is 0 Å². The van der Waals surface area contributed by atoms with E-state index in [1.807, 2.05) is 6.92 Å². The fourth-order valence-electron chi connectivity index (χ4n) is 1.73. The summed E-state index contributed by atoms with van der Waals surface area (Å²) < 4.78 is 0. The third-order valence-corrected chi connectivity index (χ3v) is 2.70. The predicted octanol–water partition coefficient (Wildman–Crippen LogP) is 4.22. The summed E-state index contributed by atoms with van der Waals surface area (Å²) in [4.78, 5) is 0. The van der Waals surface area contributed by atoms with E-state index in [9.17, 15) is 5.11 Å². The van der Waals surface area contributed by atoms with Gasteiger partial charge in [-0.25, -0.2) is 0 Å². The van der Waals surface area contributed by atoms with E-state index in [-0.39, 0.29) is 0 Å². The van der Waals surface area contributed by atoms with Gasteiger partial charge in [-0.2, -0.15) is 0 Å². The third-order valence-electron chi connectivity index (χ3n) is 2.70. The monoisotopic (exact) mass is 210 g/mol. The lowest BCUT2D eigenvalue weighted by molar-refractivity contribution is 0.0986. The van der Waals surface area contributed by atoms with Crippen molar-refractivity contribution in [2.24, 2.45) is 0 Å². The molecule has 0 aliphatic heterocycles. The SMILES string of the molecule is C=C=CC(C)(O)CCCCCCCCC. The van der Waals surface area contributed by atoms with Crippen molar-refractivity contribution in [1.82, 2.24) is 0 Å². The lowest BCUT2D eigenvalue weighted by Crippen LogP contribution is -2.19. The van der Waals surface area contributed by atoms with E-state index < -0.39 is 5.60 Å². The van der Waals surface area contributed by atoms with Crippen LogP contribution < -0.4 is 0 Å². The molecule has 0 aliphatic rings. The lowest BCUT2D eigenvalue weighted by Gasteiger charge is -2.17. The summed E-state index contributed by atoms with van der Waals surface area (Å²) in [5, 5.41) is 9.80. The molecule has 0 rings (SSSR count). The van der Waals surface area contributed by atoms with Crippen LogP contribution in [-0.2, 0) is 0 Å². The Morgan fingerprint density at radius 1 is 1.13 bits per heavy atom. The van der Waals surface area contributed by atoms with Crippen LogP contribution in [0, 0.1) is 0 Å². The summed E-state index contributed by atoms with van der Waals surface area (Å²) in [6.07, 6.45) is 11.5. The molecule has 0 saturated heterocycles. The van der Waals surface area contributed by atoms with Crippen LogP contribution in [0.5, 0.6) is 0 Å². The first-order valence-electron chi connectivity index (χ1n) is 6.22. The summed E-state index contributed by atoms with van der Waals surface area (Å²) in [7, 11) is 0. The van der Waals surface area contributed by atoms with Crippen LogP contribution in [0.15, 0.2) is 18.4 Å². The van der Waals surface area contributed by atoms with Gasteiger partial charge >= 0.3 is 0 Å². The van der Waals surface area contributed by atoms with Gasteiger partial charge in [0.15, 0.2) is 0 Å². The Kier molecular flexibility index (Phi) is 8.46. The zero-order chi connectivity index (χ0) is 11.6. The fourth-order valence-corrected chi connectivity index (χ4v) is 1.73. The molecular weight excluding hydrogens is 184 g/mol. The molecule has 0 amide bonds. The van der Waals surface area contributed by atoms with Gasteiger partial charge in [-0.3, -0.25) is 0 Å². The van der Waals surface area contributed by atoms with Gasteiger partial charge in [-0.15, -0.1) is 5.73 Å². The highest BCUT2D eigenvalue weighted by Gasteiger charge is 2.14. The minimum Gasteiger partial charge on any atom is -0.385 e. The van der Waals surface area contributed by atoms with Crippen molar-refractivity contribution in [2.45, 2.75) is 70.8 Å². The van der Waals surface area contributed by atoms with Crippen molar-refractivity contribution in [3.63, 3.8) is 0 Å². The minimum atomic E-state index is -0.703. The van der Waals surface area contributed by atoms with Crippen molar-refractivity contribution >= 4 is 0 Å². The van der Waals surface area contributed by atoms with E-state index in [1.165, 1.54) is 38.5 Å². The maximum atomic E-state index is 9.80. The topological polar surface area (TPSA) is 20.2 Å². The van der Waals surface area contributed by atoms with E-state index in [1.54, 1.807) is 6.08 Å². The average molecular weight is 210 g/mol. The quantitative estimate of drug-likeness (QED) is 0.446. The molecule has 15 heavy (non-hydrogen) atoms. The smallest absolute Gasteiger partial charge is 0.0872 e. The highest BCUT2D eigenvalue weighted by molar-refractivity contribution is 4.95. The molecule has 1 heteroatoms. The molecule has 0 spiro atoms. The lowest BCUT2D eigenvalue weighted by atomic mass is 9.97. The van der Waals surface area contributed by atoms with Gasteiger partial charge in [0.2, 0.25) is 0 Å². The van der Waals surface area contributed by atoms with Gasteiger partial charge in [-0.05, 0) is 19.4 Å². The largest absolute Gasteiger partial charge is 0.385 e. The summed E-state index contributed by atoms with van der Waals surface area (Å²) >= 11 is 0. The first-order chi connectivity index (χ1) is 7.12. The molecule has 0 aromatic rings. The Hall–Kier alpha value is -0.520. The van der Waals surface area contributed by atoms with Gasteiger partial charge in [0.25, 0.3) is 0 Å². The molecule has 1 N–H and O–H groups in total. The first-order valence-corrected chi connectivity index (χ1v) is 6.22. The highest BCUT2D eigenvalue weighted by Crippen LogP contribution is 2.16. The van der Waals surface area contributed by atoms with E-state index in [2.05, 4.69) is 19.2 Å². The molecule has 1 atom stereocenters. The van der Waals surface area contributed by atoms with Crippen molar-refractivity contribution in [1.29, 1.82) is 0 Å². The van der Waals surface area contributed by atoms with Crippen LogP contribution >= 0.6 is 0 Å². The molecule has 0 aromatic heterocycles. The van der Waals surface area contributed by atoms with Crippen molar-refractivity contribution < 1.29 is 5.11 Å². The van der Waals surface area contributed by atoms with E-state index in [0.29, 0.717) is 0 Å². The first kappa shape index (κ1) is 14.5. The van der Waals surface area contributed by atoms with Gasteiger partial charge in [-0.1, -0.05) is 58.4 Å². The van der Waals surface area contributed by atoms with Gasteiger partial charge in [0.05, 0.1) is 5.60 Å². The van der Waals surface area contributed by atoms with Crippen molar-refractivity contribution in [2.75, 3.05) is 0 Å². The average Bonchev–Trinajstić information content (AvgIpc) is 2.16. The number of unbranched alkanes of at least 4 members (excludes halogenated alkanes) is 6. The fraction of sp³-hybridized carbons (Fsp3) is 0.786. The molecule has 0 saturated carbocycles. The molecule has 0 heterocycles. The number of aliphatic hydroxyl groups is 1. The summed E-state index contributed by atoms with van der Waals surface area (Å²) in [5.41, 5.74) is 1.95. The van der Waals surface area contributed by atoms with Gasteiger partial charge in [0, 0.05) is 0 Å². The highest BCUT2D eigenvalue weighted by atomic mass is 16.3. The third kappa shape index (κ3) is 9.78. The second-order valence-electron chi connectivity index (χ2n) is 4.58. The van der Waals surface area contributed by atoms with Crippen LogP contribution in [0.25, 0.3) is 0 Å². The molecule has 0 aromatic carbocycles. The zero-order valence-electron chi connectivity index (χ0n) is 10.4. The number of hydrogen-bond acceptors (Lipinski definition) is 1. The molecule has 1 nitrogen and oxygen atoms in total. The number of hydrogen-bond donors (Lipinski definition) is 1. The standard InChI is InChI=1S/C14H26O/c1-4-6-7-8-9-10-11-13-14(3,15)12-5-2/h12,15H,2,4,6-11,13H2,1,3H3. The molecular formula is C14H26O. The second-order valence-corrected chi connectivity index (χ2v) is 4.58. The summed E-state index contributed by atoms with van der Waals surface area (Å²) in [5.74, 6) is 0. The van der Waals surface area contributed by atoms with Gasteiger partial charge in [0.1, 0.15) is 0 Å². The van der Waals surface area contributed by atoms with Gasteiger partial charge < -0.3 is 5.11 Å². The summed E-state index contributed by atoms with van der Waals surface area (Å²) in [6, 6.07) is 0. The Morgan fingerprint density at radius 2 is 1.67 bits per heavy atom. The molecule has 1 unspecified atom stereocenters. The Bertz CT molecular complexity index is 188. The number of rotatable bonds is 9. The molecule has 88 valence electrons.